The number of hydrogen-bond acceptors (Lipinski definition) is 5. The summed E-state index contributed by atoms with van der Waals surface area (Å²) in [7, 11) is 0. The molecule has 0 amide bonds. The van der Waals surface area contributed by atoms with Gasteiger partial charge in [0, 0.05) is 16.6 Å². The Morgan fingerprint density at radius 1 is 1.22 bits per heavy atom. The lowest BCUT2D eigenvalue weighted by Gasteiger charge is -2.20. The van der Waals surface area contributed by atoms with Crippen LogP contribution in [0.1, 0.15) is 5.76 Å². The molecule has 94 valence electrons. The Labute approximate surface area is 112 Å². The van der Waals surface area contributed by atoms with Crippen LogP contribution in [0.3, 0.4) is 0 Å². The van der Waals surface area contributed by atoms with E-state index in [-0.39, 0.29) is 0 Å². The maximum absolute atomic E-state index is 5.53. The Morgan fingerprint density at radius 2 is 2.00 bits per heavy atom. The van der Waals surface area contributed by atoms with E-state index in [0.29, 0.717) is 19.8 Å². The Kier molecular flexibility index (Phi) is 3.10. The molecular formula is C12H11BrN2O3. The molecule has 0 aliphatic carbocycles. The van der Waals surface area contributed by atoms with E-state index in [0.717, 1.165) is 27.4 Å². The first-order chi connectivity index (χ1) is 8.83. The maximum atomic E-state index is 5.53. The Balaban J connectivity index is 1.79. The van der Waals surface area contributed by atoms with Crippen molar-refractivity contribution in [3.05, 3.63) is 35.0 Å². The number of nitrogens with one attached hydrogen (secondary N) is 1. The smallest absolute Gasteiger partial charge is 0.180 e. The Bertz CT molecular complexity index is 543. The molecule has 1 N–H and O–H groups in total. The van der Waals surface area contributed by atoms with Gasteiger partial charge in [-0.2, -0.15) is 0 Å². The molecule has 0 fully saturated rings. The second-order valence-electron chi connectivity index (χ2n) is 3.80. The van der Waals surface area contributed by atoms with Gasteiger partial charge in [-0.3, -0.25) is 0 Å². The van der Waals surface area contributed by atoms with Crippen molar-refractivity contribution in [2.24, 2.45) is 0 Å². The molecule has 0 atom stereocenters. The van der Waals surface area contributed by atoms with Crippen LogP contribution in [0.5, 0.6) is 11.5 Å². The van der Waals surface area contributed by atoms with Gasteiger partial charge in [0.1, 0.15) is 19.0 Å². The van der Waals surface area contributed by atoms with Crippen molar-refractivity contribution in [3.63, 3.8) is 0 Å². The third kappa shape index (κ3) is 2.28. The standard InChI is InChI=1S/C12H11BrN2O3/c13-9-3-11-12(17-2-1-16-11)4-10(9)15-6-8-5-14-7-18-8/h3-5,7,15H,1-2,6H2. The van der Waals surface area contributed by atoms with E-state index < -0.39 is 0 Å². The second-order valence-corrected chi connectivity index (χ2v) is 4.65. The molecule has 2 heterocycles. The van der Waals surface area contributed by atoms with Gasteiger partial charge in [-0.25, -0.2) is 4.98 Å². The van der Waals surface area contributed by atoms with Crippen molar-refractivity contribution < 1.29 is 13.9 Å². The molecule has 1 aromatic carbocycles. The first kappa shape index (κ1) is 11.4. The summed E-state index contributed by atoms with van der Waals surface area (Å²) in [5.74, 6) is 2.29. The number of benzene rings is 1. The lowest BCUT2D eigenvalue weighted by molar-refractivity contribution is 0.171. The van der Waals surface area contributed by atoms with Crippen LogP contribution in [0.4, 0.5) is 5.69 Å². The summed E-state index contributed by atoms with van der Waals surface area (Å²) in [5, 5.41) is 3.25. The van der Waals surface area contributed by atoms with Gasteiger partial charge >= 0.3 is 0 Å². The van der Waals surface area contributed by atoms with Crippen LogP contribution in [0.25, 0.3) is 0 Å². The zero-order valence-electron chi connectivity index (χ0n) is 9.48. The second kappa shape index (κ2) is 4.89. The van der Waals surface area contributed by atoms with Crippen LogP contribution >= 0.6 is 15.9 Å². The van der Waals surface area contributed by atoms with Crippen LogP contribution < -0.4 is 14.8 Å². The predicted molar refractivity (Wildman–Crippen MR) is 69.0 cm³/mol. The molecule has 1 aliphatic heterocycles. The van der Waals surface area contributed by atoms with Crippen LogP contribution in [0.15, 0.2) is 33.6 Å². The van der Waals surface area contributed by atoms with Crippen molar-refractivity contribution in [2.75, 3.05) is 18.5 Å². The van der Waals surface area contributed by atoms with Crippen LogP contribution in [0.2, 0.25) is 0 Å². The Morgan fingerprint density at radius 3 is 2.72 bits per heavy atom. The van der Waals surface area contributed by atoms with E-state index in [1.54, 1.807) is 6.20 Å². The molecule has 0 bridgehead atoms. The van der Waals surface area contributed by atoms with Gasteiger partial charge < -0.3 is 19.2 Å². The van der Waals surface area contributed by atoms with E-state index in [2.05, 4.69) is 26.2 Å². The number of anilines is 1. The van der Waals surface area contributed by atoms with Crippen molar-refractivity contribution in [3.8, 4) is 11.5 Å². The highest BCUT2D eigenvalue weighted by molar-refractivity contribution is 9.10. The summed E-state index contributed by atoms with van der Waals surface area (Å²) < 4.78 is 17.1. The maximum Gasteiger partial charge on any atom is 0.180 e. The third-order valence-corrected chi connectivity index (χ3v) is 3.22. The zero-order chi connectivity index (χ0) is 12.4. The summed E-state index contributed by atoms with van der Waals surface area (Å²) in [6.45, 7) is 1.73. The predicted octanol–water partition coefficient (Wildman–Crippen LogP) is 2.82. The molecule has 5 nitrogen and oxygen atoms in total. The summed E-state index contributed by atoms with van der Waals surface area (Å²) in [6, 6.07) is 3.81. The van der Waals surface area contributed by atoms with Gasteiger partial charge in [-0.05, 0) is 15.9 Å². The van der Waals surface area contributed by atoms with E-state index in [1.165, 1.54) is 6.39 Å². The number of nitrogens with zero attached hydrogens (tertiary/aromatic N) is 1. The normalized spacial score (nSPS) is 13.4. The number of fused-ring (bicyclic) bond motifs is 1. The average molecular weight is 311 g/mol. The number of hydrogen-bond donors (Lipinski definition) is 1. The van der Waals surface area contributed by atoms with Gasteiger partial charge in [0.2, 0.25) is 0 Å². The van der Waals surface area contributed by atoms with E-state index in [9.17, 15) is 0 Å². The van der Waals surface area contributed by atoms with Crippen molar-refractivity contribution >= 4 is 21.6 Å². The first-order valence-electron chi connectivity index (χ1n) is 5.53. The van der Waals surface area contributed by atoms with E-state index in [1.807, 2.05) is 12.1 Å². The molecule has 0 unspecified atom stereocenters. The molecule has 1 aliphatic rings. The SMILES string of the molecule is Brc1cc2c(cc1NCc1cnco1)OCCO2. The average Bonchev–Trinajstić information content (AvgIpc) is 2.89. The molecule has 2 aromatic rings. The largest absolute Gasteiger partial charge is 0.486 e. The minimum absolute atomic E-state index is 0.568. The number of aromatic nitrogens is 1. The van der Waals surface area contributed by atoms with Crippen LogP contribution in [0, 0.1) is 0 Å². The fourth-order valence-corrected chi connectivity index (χ4v) is 2.17. The Hall–Kier alpha value is -1.69. The van der Waals surface area contributed by atoms with Crippen LogP contribution in [-0.4, -0.2) is 18.2 Å². The number of ether oxygens (including phenoxy) is 2. The van der Waals surface area contributed by atoms with Crippen molar-refractivity contribution in [1.29, 1.82) is 0 Å². The molecule has 0 saturated heterocycles. The van der Waals surface area contributed by atoms with Crippen molar-refractivity contribution in [2.45, 2.75) is 6.54 Å². The molecule has 6 heteroatoms. The molecule has 1 aromatic heterocycles. The van der Waals surface area contributed by atoms with Gasteiger partial charge in [0.15, 0.2) is 17.9 Å². The number of oxazole rings is 1. The number of halogens is 1. The number of rotatable bonds is 3. The fraction of sp³-hybridized carbons (Fsp3) is 0.250. The van der Waals surface area contributed by atoms with Crippen LogP contribution in [-0.2, 0) is 6.54 Å². The molecule has 18 heavy (non-hydrogen) atoms. The highest BCUT2D eigenvalue weighted by atomic mass is 79.9. The molecule has 3 rings (SSSR count). The highest BCUT2D eigenvalue weighted by Crippen LogP contribution is 2.38. The summed E-state index contributed by atoms with van der Waals surface area (Å²) in [5.41, 5.74) is 0.927. The van der Waals surface area contributed by atoms with Gasteiger partial charge in [-0.1, -0.05) is 0 Å². The summed E-state index contributed by atoms with van der Waals surface area (Å²) >= 11 is 3.50. The van der Waals surface area contributed by atoms with E-state index in [4.69, 9.17) is 13.9 Å². The third-order valence-electron chi connectivity index (χ3n) is 2.57. The molecule has 0 spiro atoms. The van der Waals surface area contributed by atoms with Gasteiger partial charge in [-0.15, -0.1) is 0 Å². The highest BCUT2D eigenvalue weighted by Gasteiger charge is 2.14. The molecular weight excluding hydrogens is 300 g/mol. The first-order valence-corrected chi connectivity index (χ1v) is 6.32. The summed E-state index contributed by atoms with van der Waals surface area (Å²) in [6.07, 6.45) is 3.09. The van der Waals surface area contributed by atoms with E-state index >= 15 is 0 Å². The monoisotopic (exact) mass is 310 g/mol. The quantitative estimate of drug-likeness (QED) is 0.944. The molecule has 0 radical (unpaired) electrons. The minimum atomic E-state index is 0.568. The van der Waals surface area contributed by atoms with Crippen molar-refractivity contribution in [1.82, 2.24) is 4.98 Å². The summed E-state index contributed by atoms with van der Waals surface area (Å²) in [4.78, 5) is 3.86. The fourth-order valence-electron chi connectivity index (χ4n) is 1.71. The lowest BCUT2D eigenvalue weighted by Crippen LogP contribution is -2.15. The minimum Gasteiger partial charge on any atom is -0.486 e. The molecule has 0 saturated carbocycles. The van der Waals surface area contributed by atoms with Gasteiger partial charge in [0.25, 0.3) is 0 Å². The topological polar surface area (TPSA) is 56.5 Å². The van der Waals surface area contributed by atoms with Gasteiger partial charge in [0.05, 0.1) is 18.4 Å². The zero-order valence-corrected chi connectivity index (χ0v) is 11.1. The lowest BCUT2D eigenvalue weighted by atomic mass is 10.2.